The van der Waals surface area contributed by atoms with Crippen LogP contribution >= 0.6 is 0 Å². The molecule has 0 aliphatic heterocycles. The third-order valence-corrected chi connectivity index (χ3v) is 4.89. The molecule has 22 heavy (non-hydrogen) atoms. The van der Waals surface area contributed by atoms with Gasteiger partial charge in [-0.15, -0.1) is 0 Å². The van der Waals surface area contributed by atoms with Crippen molar-refractivity contribution in [1.82, 2.24) is 0 Å². The second-order valence-corrected chi connectivity index (χ2v) is 7.78. The molecule has 3 atom stereocenters. The van der Waals surface area contributed by atoms with E-state index in [1.54, 1.807) is 0 Å². The van der Waals surface area contributed by atoms with Crippen molar-refractivity contribution in [3.63, 3.8) is 0 Å². The second kappa shape index (κ2) is 14.5. The van der Waals surface area contributed by atoms with E-state index in [1.165, 1.54) is 64.2 Å². The molecule has 134 valence electrons. The van der Waals surface area contributed by atoms with Gasteiger partial charge in [0.2, 0.25) is 0 Å². The van der Waals surface area contributed by atoms with Gasteiger partial charge in [-0.3, -0.25) is 0 Å². The molecule has 2 nitrogen and oxygen atoms in total. The standard InChI is InChI=1S/C20H42O2/c1-17(2)14-12-10-8-6-5-7-9-11-13-15-18(3)20(22)19(4)16-21/h17-22H,5-16H2,1-4H3/t18-,19-,20+/m1/s1. The largest absolute Gasteiger partial charge is 0.396 e. The summed E-state index contributed by atoms with van der Waals surface area (Å²) in [5, 5.41) is 19.1. The highest BCUT2D eigenvalue weighted by Crippen LogP contribution is 2.20. The molecular weight excluding hydrogens is 272 g/mol. The molecule has 0 aromatic heterocycles. The SMILES string of the molecule is CC(C)CCCCCCCCCCC[C@@H](C)[C@H](O)[C@H](C)CO. The molecular formula is C20H42O2. The maximum Gasteiger partial charge on any atom is 0.0613 e. The van der Waals surface area contributed by atoms with Gasteiger partial charge in [-0.05, 0) is 18.3 Å². The van der Waals surface area contributed by atoms with E-state index in [0.29, 0.717) is 5.92 Å². The molecule has 0 spiro atoms. The summed E-state index contributed by atoms with van der Waals surface area (Å²) in [7, 11) is 0. The van der Waals surface area contributed by atoms with E-state index in [4.69, 9.17) is 5.11 Å². The zero-order valence-corrected chi connectivity index (χ0v) is 15.7. The molecule has 0 unspecified atom stereocenters. The first-order valence-electron chi connectivity index (χ1n) is 9.78. The Balaban J connectivity index is 3.30. The third-order valence-electron chi connectivity index (χ3n) is 4.89. The second-order valence-electron chi connectivity index (χ2n) is 7.78. The van der Waals surface area contributed by atoms with Gasteiger partial charge in [0, 0.05) is 12.5 Å². The molecule has 2 heteroatoms. The van der Waals surface area contributed by atoms with Crippen LogP contribution in [0.5, 0.6) is 0 Å². The van der Waals surface area contributed by atoms with E-state index in [2.05, 4.69) is 20.8 Å². The normalized spacial score (nSPS) is 16.0. The summed E-state index contributed by atoms with van der Waals surface area (Å²) in [5.74, 6) is 1.18. The minimum absolute atomic E-state index is 0.00527. The zero-order valence-electron chi connectivity index (χ0n) is 15.7. The van der Waals surface area contributed by atoms with Crippen molar-refractivity contribution >= 4 is 0 Å². The molecule has 0 fully saturated rings. The van der Waals surface area contributed by atoms with Crippen LogP contribution in [0.1, 0.15) is 98.3 Å². The molecule has 0 rings (SSSR count). The maximum atomic E-state index is 10.0. The molecule has 2 N–H and O–H groups in total. The summed E-state index contributed by atoms with van der Waals surface area (Å²) >= 11 is 0. The van der Waals surface area contributed by atoms with Crippen LogP contribution in [-0.2, 0) is 0 Å². The molecule has 0 aromatic carbocycles. The first-order valence-corrected chi connectivity index (χ1v) is 9.78. The van der Waals surface area contributed by atoms with E-state index in [0.717, 1.165) is 12.3 Å². The van der Waals surface area contributed by atoms with Crippen LogP contribution in [0.3, 0.4) is 0 Å². The molecule has 0 saturated heterocycles. The summed E-state index contributed by atoms with van der Waals surface area (Å²) in [6, 6.07) is 0. The Morgan fingerprint density at radius 1 is 0.591 bits per heavy atom. The minimum atomic E-state index is -0.351. The van der Waals surface area contributed by atoms with Crippen LogP contribution in [0.2, 0.25) is 0 Å². The summed E-state index contributed by atoms with van der Waals surface area (Å²) in [5.41, 5.74) is 0. The Bertz CT molecular complexity index is 228. The van der Waals surface area contributed by atoms with Gasteiger partial charge in [-0.1, -0.05) is 91.9 Å². The van der Waals surface area contributed by atoms with E-state index in [-0.39, 0.29) is 18.6 Å². The smallest absolute Gasteiger partial charge is 0.0613 e. The highest BCUT2D eigenvalue weighted by molar-refractivity contribution is 4.70. The Morgan fingerprint density at radius 2 is 1.00 bits per heavy atom. The van der Waals surface area contributed by atoms with Crippen LogP contribution in [0.15, 0.2) is 0 Å². The lowest BCUT2D eigenvalue weighted by Crippen LogP contribution is -2.27. The van der Waals surface area contributed by atoms with Gasteiger partial charge in [0.1, 0.15) is 0 Å². The third kappa shape index (κ3) is 12.5. The van der Waals surface area contributed by atoms with Crippen molar-refractivity contribution in [3.05, 3.63) is 0 Å². The number of aliphatic hydroxyl groups is 2. The number of hydrogen-bond donors (Lipinski definition) is 2. The molecule has 0 heterocycles. The summed E-state index contributed by atoms with van der Waals surface area (Å²) in [4.78, 5) is 0. The van der Waals surface area contributed by atoms with E-state index in [1.807, 2.05) is 6.92 Å². The van der Waals surface area contributed by atoms with Gasteiger partial charge in [-0.25, -0.2) is 0 Å². The minimum Gasteiger partial charge on any atom is -0.396 e. The van der Waals surface area contributed by atoms with Crippen molar-refractivity contribution in [1.29, 1.82) is 0 Å². The number of rotatable bonds is 15. The average molecular weight is 315 g/mol. The lowest BCUT2D eigenvalue weighted by Gasteiger charge is -2.23. The lowest BCUT2D eigenvalue weighted by molar-refractivity contribution is 0.0331. The molecule has 0 aliphatic carbocycles. The molecule has 0 radical (unpaired) electrons. The summed E-state index contributed by atoms with van der Waals surface area (Å²) < 4.78 is 0. The van der Waals surface area contributed by atoms with Gasteiger partial charge < -0.3 is 10.2 Å². The fraction of sp³-hybridized carbons (Fsp3) is 1.00. The molecule has 0 bridgehead atoms. The fourth-order valence-corrected chi connectivity index (χ4v) is 3.10. The lowest BCUT2D eigenvalue weighted by atomic mass is 9.89. The summed E-state index contributed by atoms with van der Waals surface area (Å²) in [6.07, 6.45) is 14.4. The molecule has 0 aliphatic rings. The fourth-order valence-electron chi connectivity index (χ4n) is 3.10. The first-order chi connectivity index (χ1) is 10.5. The predicted molar refractivity (Wildman–Crippen MR) is 97.0 cm³/mol. The maximum absolute atomic E-state index is 10.0. The van der Waals surface area contributed by atoms with Crippen LogP contribution in [-0.4, -0.2) is 22.9 Å². The van der Waals surface area contributed by atoms with Crippen LogP contribution < -0.4 is 0 Å². The van der Waals surface area contributed by atoms with Gasteiger partial charge >= 0.3 is 0 Å². The molecule has 0 aromatic rings. The van der Waals surface area contributed by atoms with E-state index < -0.39 is 0 Å². The topological polar surface area (TPSA) is 40.5 Å². The van der Waals surface area contributed by atoms with Crippen molar-refractivity contribution in [2.24, 2.45) is 17.8 Å². The van der Waals surface area contributed by atoms with Crippen molar-refractivity contribution in [2.45, 2.75) is 104 Å². The van der Waals surface area contributed by atoms with Crippen molar-refractivity contribution in [2.75, 3.05) is 6.61 Å². The van der Waals surface area contributed by atoms with E-state index >= 15 is 0 Å². The quantitative estimate of drug-likeness (QED) is 0.389. The Hall–Kier alpha value is -0.0800. The van der Waals surface area contributed by atoms with Crippen molar-refractivity contribution < 1.29 is 10.2 Å². The van der Waals surface area contributed by atoms with E-state index in [9.17, 15) is 5.11 Å². The average Bonchev–Trinajstić information content (AvgIpc) is 2.50. The Kier molecular flexibility index (Phi) is 14.5. The molecule has 0 saturated carbocycles. The highest BCUT2D eigenvalue weighted by atomic mass is 16.3. The number of unbranched alkanes of at least 4 members (excludes halogenated alkanes) is 8. The highest BCUT2D eigenvalue weighted by Gasteiger charge is 2.19. The Morgan fingerprint density at radius 3 is 1.41 bits per heavy atom. The van der Waals surface area contributed by atoms with Crippen LogP contribution in [0.4, 0.5) is 0 Å². The van der Waals surface area contributed by atoms with Gasteiger partial charge in [0.05, 0.1) is 6.10 Å². The predicted octanol–water partition coefficient (Wildman–Crippen LogP) is 5.56. The monoisotopic (exact) mass is 314 g/mol. The van der Waals surface area contributed by atoms with Gasteiger partial charge in [-0.2, -0.15) is 0 Å². The molecule has 0 amide bonds. The van der Waals surface area contributed by atoms with Crippen LogP contribution in [0, 0.1) is 17.8 Å². The number of aliphatic hydroxyl groups excluding tert-OH is 2. The Labute approximate surface area is 139 Å². The summed E-state index contributed by atoms with van der Waals surface area (Å²) in [6.45, 7) is 8.73. The zero-order chi connectivity index (χ0) is 16.8. The number of hydrogen-bond acceptors (Lipinski definition) is 2. The first kappa shape index (κ1) is 21.9. The van der Waals surface area contributed by atoms with Gasteiger partial charge in [0.15, 0.2) is 0 Å². The van der Waals surface area contributed by atoms with Crippen LogP contribution in [0.25, 0.3) is 0 Å². The van der Waals surface area contributed by atoms with Gasteiger partial charge in [0.25, 0.3) is 0 Å². The van der Waals surface area contributed by atoms with Crippen molar-refractivity contribution in [3.8, 4) is 0 Å².